The number of benzene rings is 2. The van der Waals surface area contributed by atoms with E-state index >= 15 is 0 Å². The molecule has 198 valence electrons. The van der Waals surface area contributed by atoms with E-state index in [1.54, 1.807) is 38.3 Å². The lowest BCUT2D eigenvalue weighted by molar-refractivity contribution is -0.141. The van der Waals surface area contributed by atoms with Crippen LogP contribution in [-0.2, 0) is 26.2 Å². The van der Waals surface area contributed by atoms with Crippen molar-refractivity contribution in [1.82, 2.24) is 10.2 Å². The molecule has 0 aliphatic heterocycles. The summed E-state index contributed by atoms with van der Waals surface area (Å²) in [6, 6.07) is 13.1. The Morgan fingerprint density at radius 3 is 2.31 bits per heavy atom. The van der Waals surface area contributed by atoms with Gasteiger partial charge in [0.15, 0.2) is 0 Å². The minimum atomic E-state index is -3.57. The number of amides is 2. The molecule has 0 bridgehead atoms. The van der Waals surface area contributed by atoms with Crippen LogP contribution in [0.25, 0.3) is 0 Å². The molecule has 0 unspecified atom stereocenters. The van der Waals surface area contributed by atoms with Crippen molar-refractivity contribution in [2.45, 2.75) is 58.7 Å². The number of anilines is 1. The van der Waals surface area contributed by atoms with Gasteiger partial charge in [0, 0.05) is 30.1 Å². The zero-order chi connectivity index (χ0) is 27.1. The SMILES string of the molecule is COc1cccc(CN(C(=O)CCCN(c2ccc(Cl)cc2)S(C)(=O)=O)[C@H](C)C(=O)NC(C)(C)C)c1. The van der Waals surface area contributed by atoms with Crippen LogP contribution in [0.2, 0.25) is 5.02 Å². The number of carbonyl (C=O) groups is 2. The molecule has 0 fully saturated rings. The average Bonchev–Trinajstić information content (AvgIpc) is 2.78. The van der Waals surface area contributed by atoms with E-state index in [1.165, 1.54) is 9.21 Å². The Hall–Kier alpha value is -2.78. The third-order valence-electron chi connectivity index (χ3n) is 5.42. The predicted molar refractivity (Wildman–Crippen MR) is 144 cm³/mol. The zero-order valence-electron chi connectivity index (χ0n) is 21.7. The van der Waals surface area contributed by atoms with Crippen LogP contribution in [0.5, 0.6) is 5.75 Å². The van der Waals surface area contributed by atoms with Crippen molar-refractivity contribution < 1.29 is 22.7 Å². The molecule has 2 aromatic rings. The molecule has 36 heavy (non-hydrogen) atoms. The number of nitrogens with zero attached hydrogens (tertiary/aromatic N) is 2. The maximum Gasteiger partial charge on any atom is 0.242 e. The summed E-state index contributed by atoms with van der Waals surface area (Å²) >= 11 is 5.93. The molecule has 0 radical (unpaired) electrons. The number of hydrogen-bond acceptors (Lipinski definition) is 5. The standard InChI is InChI=1S/C26H36ClN3O5S/c1-19(25(32)28-26(2,3)4)29(18-20-9-7-10-23(17-20)35-5)24(31)11-8-16-30(36(6,33)34)22-14-12-21(27)13-15-22/h7,9-10,12-15,17,19H,8,11,16,18H2,1-6H3,(H,28,32)/t19-/m1/s1. The number of hydrogen-bond donors (Lipinski definition) is 1. The highest BCUT2D eigenvalue weighted by Crippen LogP contribution is 2.22. The van der Waals surface area contributed by atoms with E-state index in [1.807, 2.05) is 45.0 Å². The van der Waals surface area contributed by atoms with E-state index in [0.717, 1.165) is 11.8 Å². The van der Waals surface area contributed by atoms with Gasteiger partial charge < -0.3 is 15.0 Å². The summed E-state index contributed by atoms with van der Waals surface area (Å²) in [5.74, 6) is 0.134. The lowest BCUT2D eigenvalue weighted by Crippen LogP contribution is -2.52. The third kappa shape index (κ3) is 9.02. The van der Waals surface area contributed by atoms with Crippen LogP contribution >= 0.6 is 11.6 Å². The molecule has 10 heteroatoms. The molecule has 2 amide bonds. The molecule has 0 saturated carbocycles. The number of sulfonamides is 1. The van der Waals surface area contributed by atoms with Gasteiger partial charge in [-0.3, -0.25) is 13.9 Å². The Kier molecular flexibility index (Phi) is 10.2. The van der Waals surface area contributed by atoms with E-state index < -0.39 is 21.6 Å². The maximum atomic E-state index is 13.4. The molecule has 2 aromatic carbocycles. The number of ether oxygens (including phenoxy) is 1. The summed E-state index contributed by atoms with van der Waals surface area (Å²) in [5.41, 5.74) is 0.836. The van der Waals surface area contributed by atoms with Gasteiger partial charge in [-0.25, -0.2) is 8.42 Å². The quantitative estimate of drug-likeness (QED) is 0.463. The molecule has 1 N–H and O–H groups in total. The summed E-state index contributed by atoms with van der Waals surface area (Å²) in [5, 5.41) is 3.43. The van der Waals surface area contributed by atoms with Crippen LogP contribution in [0.1, 0.15) is 46.1 Å². The van der Waals surface area contributed by atoms with Gasteiger partial charge in [-0.05, 0) is 76.1 Å². The Labute approximate surface area is 219 Å². The minimum absolute atomic E-state index is 0.0662. The summed E-state index contributed by atoms with van der Waals surface area (Å²) in [6.07, 6.45) is 1.46. The minimum Gasteiger partial charge on any atom is -0.497 e. The lowest BCUT2D eigenvalue weighted by atomic mass is 10.1. The fraction of sp³-hybridized carbons (Fsp3) is 0.462. The van der Waals surface area contributed by atoms with E-state index in [9.17, 15) is 18.0 Å². The van der Waals surface area contributed by atoms with Gasteiger partial charge in [-0.2, -0.15) is 0 Å². The number of nitrogens with one attached hydrogen (secondary N) is 1. The van der Waals surface area contributed by atoms with Gasteiger partial charge in [0.2, 0.25) is 21.8 Å². The van der Waals surface area contributed by atoms with Crippen molar-refractivity contribution in [2.24, 2.45) is 0 Å². The highest BCUT2D eigenvalue weighted by molar-refractivity contribution is 7.92. The van der Waals surface area contributed by atoms with Gasteiger partial charge in [-0.15, -0.1) is 0 Å². The molecule has 0 aliphatic rings. The summed E-state index contributed by atoms with van der Waals surface area (Å²) in [4.78, 5) is 27.8. The lowest BCUT2D eigenvalue weighted by Gasteiger charge is -2.32. The summed E-state index contributed by atoms with van der Waals surface area (Å²) in [6.45, 7) is 7.65. The van der Waals surface area contributed by atoms with E-state index in [2.05, 4.69) is 5.32 Å². The van der Waals surface area contributed by atoms with Crippen molar-refractivity contribution in [1.29, 1.82) is 0 Å². The average molecular weight is 538 g/mol. The van der Waals surface area contributed by atoms with E-state index in [4.69, 9.17) is 16.3 Å². The van der Waals surface area contributed by atoms with Crippen LogP contribution in [0, 0.1) is 0 Å². The first-order chi connectivity index (χ1) is 16.7. The molecular weight excluding hydrogens is 502 g/mol. The Balaban J connectivity index is 2.20. The molecular formula is C26H36ClN3O5S. The van der Waals surface area contributed by atoms with Crippen LogP contribution in [0.15, 0.2) is 48.5 Å². The highest BCUT2D eigenvalue weighted by atomic mass is 35.5. The van der Waals surface area contributed by atoms with Crippen molar-refractivity contribution >= 4 is 39.1 Å². The first-order valence-corrected chi connectivity index (χ1v) is 13.9. The second kappa shape index (κ2) is 12.5. The molecule has 0 aromatic heterocycles. The van der Waals surface area contributed by atoms with Gasteiger partial charge in [0.05, 0.1) is 19.1 Å². The third-order valence-corrected chi connectivity index (χ3v) is 6.87. The van der Waals surface area contributed by atoms with Crippen molar-refractivity contribution in [3.8, 4) is 5.75 Å². The van der Waals surface area contributed by atoms with E-state index in [0.29, 0.717) is 16.5 Å². The van der Waals surface area contributed by atoms with Gasteiger partial charge in [-0.1, -0.05) is 23.7 Å². The normalized spacial score (nSPS) is 12.5. The summed E-state index contributed by atoms with van der Waals surface area (Å²) in [7, 11) is -2.00. The Bertz CT molecular complexity index is 1150. The zero-order valence-corrected chi connectivity index (χ0v) is 23.3. The monoisotopic (exact) mass is 537 g/mol. The van der Waals surface area contributed by atoms with Gasteiger partial charge >= 0.3 is 0 Å². The predicted octanol–water partition coefficient (Wildman–Crippen LogP) is 4.23. The molecule has 1 atom stereocenters. The van der Waals surface area contributed by atoms with Gasteiger partial charge in [0.25, 0.3) is 0 Å². The molecule has 0 aliphatic carbocycles. The van der Waals surface area contributed by atoms with E-state index in [-0.39, 0.29) is 37.7 Å². The maximum absolute atomic E-state index is 13.4. The van der Waals surface area contributed by atoms with Crippen LogP contribution in [-0.4, -0.2) is 56.6 Å². The molecule has 2 rings (SSSR count). The molecule has 0 spiro atoms. The fourth-order valence-electron chi connectivity index (χ4n) is 3.64. The molecule has 0 saturated heterocycles. The second-order valence-corrected chi connectivity index (χ2v) is 12.0. The topological polar surface area (TPSA) is 96.0 Å². The number of halogens is 1. The molecule has 8 nitrogen and oxygen atoms in total. The summed E-state index contributed by atoms with van der Waals surface area (Å²) < 4.78 is 31.3. The van der Waals surface area contributed by atoms with Crippen LogP contribution in [0.3, 0.4) is 0 Å². The highest BCUT2D eigenvalue weighted by Gasteiger charge is 2.28. The smallest absolute Gasteiger partial charge is 0.242 e. The van der Waals surface area contributed by atoms with Crippen LogP contribution < -0.4 is 14.4 Å². The number of rotatable bonds is 11. The second-order valence-electron chi connectivity index (χ2n) is 9.70. The number of methoxy groups -OCH3 is 1. The van der Waals surface area contributed by atoms with Gasteiger partial charge in [0.1, 0.15) is 11.8 Å². The van der Waals surface area contributed by atoms with Crippen molar-refractivity contribution in [2.75, 3.05) is 24.2 Å². The van der Waals surface area contributed by atoms with Crippen molar-refractivity contribution in [3.05, 3.63) is 59.1 Å². The first-order valence-electron chi connectivity index (χ1n) is 11.7. The molecule has 0 heterocycles. The van der Waals surface area contributed by atoms with Crippen molar-refractivity contribution in [3.63, 3.8) is 0 Å². The Morgan fingerprint density at radius 1 is 1.11 bits per heavy atom. The van der Waals surface area contributed by atoms with Crippen LogP contribution in [0.4, 0.5) is 5.69 Å². The number of carbonyl (C=O) groups excluding carboxylic acids is 2. The first kappa shape index (κ1) is 29.5. The fourth-order valence-corrected chi connectivity index (χ4v) is 4.73. The largest absolute Gasteiger partial charge is 0.497 e. The Morgan fingerprint density at radius 2 is 1.75 bits per heavy atom.